The van der Waals surface area contributed by atoms with E-state index in [9.17, 15) is 0 Å². The fourth-order valence-electron chi connectivity index (χ4n) is 1.75. The second kappa shape index (κ2) is 6.21. The van der Waals surface area contributed by atoms with Crippen LogP contribution in [0.3, 0.4) is 0 Å². The monoisotopic (exact) mass is 276 g/mol. The highest BCUT2D eigenvalue weighted by Gasteiger charge is 2.10. The minimum Gasteiger partial charge on any atom is -0.312 e. The maximum atomic E-state index is 4.61. The van der Waals surface area contributed by atoms with E-state index in [2.05, 4.69) is 41.0 Å². The maximum Gasteiger partial charge on any atom is 0.142 e. The molecule has 0 aliphatic heterocycles. The van der Waals surface area contributed by atoms with E-state index in [4.69, 9.17) is 0 Å². The fourth-order valence-corrected chi connectivity index (χ4v) is 2.75. The van der Waals surface area contributed by atoms with Crippen LogP contribution in [-0.4, -0.2) is 21.5 Å². The molecule has 4 nitrogen and oxygen atoms in total. The first-order valence-electron chi connectivity index (χ1n) is 6.53. The van der Waals surface area contributed by atoms with Crippen LogP contribution in [0.2, 0.25) is 0 Å². The zero-order valence-electron chi connectivity index (χ0n) is 11.9. The Morgan fingerprint density at radius 1 is 1.26 bits per heavy atom. The van der Waals surface area contributed by atoms with Crippen molar-refractivity contribution >= 4 is 11.3 Å². The van der Waals surface area contributed by atoms with Gasteiger partial charge in [-0.05, 0) is 32.4 Å². The topological polar surface area (TPSA) is 50.7 Å². The molecule has 0 bridgehead atoms. The van der Waals surface area contributed by atoms with Gasteiger partial charge in [-0.3, -0.25) is 0 Å². The molecule has 102 valence electrons. The van der Waals surface area contributed by atoms with Crippen LogP contribution in [0.15, 0.2) is 12.3 Å². The van der Waals surface area contributed by atoms with Gasteiger partial charge in [-0.15, -0.1) is 11.3 Å². The van der Waals surface area contributed by atoms with E-state index < -0.39 is 0 Å². The lowest BCUT2D eigenvalue weighted by molar-refractivity contribution is 0.554. The second-order valence-corrected chi connectivity index (χ2v) is 6.13. The molecule has 2 rings (SSSR count). The van der Waals surface area contributed by atoms with E-state index in [0.717, 1.165) is 35.3 Å². The standard InChI is InChI=1S/C14H20N4S/c1-9(2)7-15-8-13-10(3)17-14(19-13)12-5-6-16-11(4)18-12/h5-6,9,15H,7-8H2,1-4H3. The fraction of sp³-hybridized carbons (Fsp3) is 0.500. The Labute approximate surface area is 118 Å². The molecule has 0 saturated heterocycles. The number of aryl methyl sites for hydroxylation is 2. The largest absolute Gasteiger partial charge is 0.312 e. The highest BCUT2D eigenvalue weighted by Crippen LogP contribution is 2.26. The van der Waals surface area contributed by atoms with Gasteiger partial charge >= 0.3 is 0 Å². The smallest absolute Gasteiger partial charge is 0.142 e. The lowest BCUT2D eigenvalue weighted by atomic mass is 10.2. The lowest BCUT2D eigenvalue weighted by Gasteiger charge is -2.05. The van der Waals surface area contributed by atoms with E-state index in [-0.39, 0.29) is 0 Å². The molecule has 19 heavy (non-hydrogen) atoms. The molecule has 1 N–H and O–H groups in total. The summed E-state index contributed by atoms with van der Waals surface area (Å²) in [5.74, 6) is 1.45. The Hall–Kier alpha value is -1.33. The number of aromatic nitrogens is 3. The van der Waals surface area contributed by atoms with Gasteiger partial charge in [0.1, 0.15) is 16.5 Å². The van der Waals surface area contributed by atoms with Crippen molar-refractivity contribution in [3.05, 3.63) is 28.7 Å². The Morgan fingerprint density at radius 2 is 2.05 bits per heavy atom. The van der Waals surface area contributed by atoms with Crippen molar-refractivity contribution in [1.29, 1.82) is 0 Å². The third kappa shape index (κ3) is 3.81. The van der Waals surface area contributed by atoms with Crippen molar-refractivity contribution in [2.75, 3.05) is 6.54 Å². The van der Waals surface area contributed by atoms with Gasteiger partial charge in [-0.2, -0.15) is 0 Å². The van der Waals surface area contributed by atoms with Gasteiger partial charge < -0.3 is 5.32 Å². The summed E-state index contributed by atoms with van der Waals surface area (Å²) in [6.45, 7) is 10.3. The Balaban J connectivity index is 2.12. The first-order valence-corrected chi connectivity index (χ1v) is 7.35. The summed E-state index contributed by atoms with van der Waals surface area (Å²) in [6, 6.07) is 1.91. The number of hydrogen-bond donors (Lipinski definition) is 1. The first kappa shape index (κ1) is 14.1. The summed E-state index contributed by atoms with van der Waals surface area (Å²) in [5.41, 5.74) is 2.00. The lowest BCUT2D eigenvalue weighted by Crippen LogP contribution is -2.18. The number of rotatable bonds is 5. The van der Waals surface area contributed by atoms with Crippen molar-refractivity contribution in [2.45, 2.75) is 34.2 Å². The molecule has 5 heteroatoms. The zero-order chi connectivity index (χ0) is 13.8. The molecule has 0 spiro atoms. The van der Waals surface area contributed by atoms with Crippen LogP contribution in [-0.2, 0) is 6.54 Å². The van der Waals surface area contributed by atoms with Crippen molar-refractivity contribution < 1.29 is 0 Å². The maximum absolute atomic E-state index is 4.61. The highest BCUT2D eigenvalue weighted by molar-refractivity contribution is 7.15. The summed E-state index contributed by atoms with van der Waals surface area (Å²) in [7, 11) is 0. The number of nitrogens with one attached hydrogen (secondary N) is 1. The molecule has 0 fully saturated rings. The van der Waals surface area contributed by atoms with Crippen LogP contribution in [0.5, 0.6) is 0 Å². The van der Waals surface area contributed by atoms with Crippen molar-refractivity contribution in [1.82, 2.24) is 20.3 Å². The summed E-state index contributed by atoms with van der Waals surface area (Å²) in [5, 5.41) is 4.43. The molecule has 0 aliphatic rings. The normalized spacial score (nSPS) is 11.2. The molecular formula is C14H20N4S. The summed E-state index contributed by atoms with van der Waals surface area (Å²) < 4.78 is 0. The average Bonchev–Trinajstić information content (AvgIpc) is 2.71. The molecule has 0 unspecified atom stereocenters. The minimum absolute atomic E-state index is 0.664. The van der Waals surface area contributed by atoms with Crippen molar-refractivity contribution in [3.8, 4) is 10.7 Å². The minimum atomic E-state index is 0.664. The molecule has 2 heterocycles. The van der Waals surface area contributed by atoms with Crippen LogP contribution >= 0.6 is 11.3 Å². The molecule has 0 aromatic carbocycles. The molecular weight excluding hydrogens is 256 g/mol. The molecule has 2 aromatic heterocycles. The molecule has 0 atom stereocenters. The van der Waals surface area contributed by atoms with Gasteiger partial charge in [-0.25, -0.2) is 15.0 Å². The number of hydrogen-bond acceptors (Lipinski definition) is 5. The van der Waals surface area contributed by atoms with Crippen molar-refractivity contribution in [2.24, 2.45) is 5.92 Å². The van der Waals surface area contributed by atoms with Gasteiger partial charge in [0.2, 0.25) is 0 Å². The van der Waals surface area contributed by atoms with Gasteiger partial charge in [0.15, 0.2) is 0 Å². The Morgan fingerprint density at radius 3 is 2.74 bits per heavy atom. The van der Waals surface area contributed by atoms with E-state index in [1.165, 1.54) is 4.88 Å². The third-order valence-electron chi connectivity index (χ3n) is 2.73. The predicted molar refractivity (Wildman–Crippen MR) is 79.2 cm³/mol. The summed E-state index contributed by atoms with van der Waals surface area (Å²) in [6.07, 6.45) is 1.78. The number of thiazole rings is 1. The molecule has 0 amide bonds. The summed E-state index contributed by atoms with van der Waals surface area (Å²) in [4.78, 5) is 14.4. The first-order chi connectivity index (χ1) is 9.06. The van der Waals surface area contributed by atoms with Crippen molar-refractivity contribution in [3.63, 3.8) is 0 Å². The van der Waals surface area contributed by atoms with Gasteiger partial charge in [0.05, 0.1) is 5.69 Å². The van der Waals surface area contributed by atoms with E-state index in [1.54, 1.807) is 17.5 Å². The second-order valence-electron chi connectivity index (χ2n) is 5.04. The van der Waals surface area contributed by atoms with Gasteiger partial charge in [0.25, 0.3) is 0 Å². The van der Waals surface area contributed by atoms with Gasteiger partial charge in [0, 0.05) is 17.6 Å². The van der Waals surface area contributed by atoms with Crippen LogP contribution in [0.4, 0.5) is 0 Å². The molecule has 2 aromatic rings. The third-order valence-corrected chi connectivity index (χ3v) is 3.91. The van der Waals surface area contributed by atoms with Gasteiger partial charge in [-0.1, -0.05) is 13.8 Å². The van der Waals surface area contributed by atoms with Crippen LogP contribution in [0, 0.1) is 19.8 Å². The van der Waals surface area contributed by atoms with Crippen LogP contribution in [0.1, 0.15) is 30.2 Å². The average molecular weight is 276 g/mol. The van der Waals surface area contributed by atoms with Crippen LogP contribution in [0.25, 0.3) is 10.7 Å². The van der Waals surface area contributed by atoms with E-state index in [0.29, 0.717) is 5.92 Å². The predicted octanol–water partition coefficient (Wildman–Crippen LogP) is 2.96. The van der Waals surface area contributed by atoms with Crippen LogP contribution < -0.4 is 5.32 Å². The zero-order valence-corrected chi connectivity index (χ0v) is 12.7. The molecule has 0 saturated carbocycles. The summed E-state index contributed by atoms with van der Waals surface area (Å²) >= 11 is 1.71. The SMILES string of the molecule is Cc1nccc(-c2nc(C)c(CNCC(C)C)s2)n1. The quantitative estimate of drug-likeness (QED) is 0.912. The molecule has 0 aliphatic carbocycles. The van der Waals surface area contributed by atoms with E-state index >= 15 is 0 Å². The number of nitrogens with zero attached hydrogens (tertiary/aromatic N) is 3. The Bertz CT molecular complexity index is 548. The molecule has 0 radical (unpaired) electrons. The van der Waals surface area contributed by atoms with E-state index in [1.807, 2.05) is 13.0 Å². The Kier molecular flexibility index (Phi) is 4.61. The highest BCUT2D eigenvalue weighted by atomic mass is 32.1.